The van der Waals surface area contributed by atoms with Crippen molar-refractivity contribution in [2.75, 3.05) is 14.1 Å². The molecule has 1 aromatic carbocycles. The zero-order chi connectivity index (χ0) is 10.9. The standard InChI is InChI=1S/C13H19NO/c1-14(2)13(9-5-6-10-13)11-7-3-4-8-12(11)15/h3-4,7-8,15H,5-6,9-10H2,1-2H3. The second-order valence-electron chi connectivity index (χ2n) is 4.65. The van der Waals surface area contributed by atoms with Crippen LogP contribution in [-0.2, 0) is 5.54 Å². The van der Waals surface area contributed by atoms with E-state index < -0.39 is 0 Å². The molecule has 82 valence electrons. The molecule has 15 heavy (non-hydrogen) atoms. The molecule has 0 bridgehead atoms. The Morgan fingerprint density at radius 3 is 2.27 bits per heavy atom. The Morgan fingerprint density at radius 2 is 1.73 bits per heavy atom. The van der Waals surface area contributed by atoms with Crippen LogP contribution in [0, 0.1) is 0 Å². The Labute approximate surface area is 91.5 Å². The van der Waals surface area contributed by atoms with Gasteiger partial charge in [-0.15, -0.1) is 0 Å². The number of benzene rings is 1. The first-order chi connectivity index (χ1) is 7.17. The third-order valence-electron chi connectivity index (χ3n) is 3.69. The summed E-state index contributed by atoms with van der Waals surface area (Å²) in [7, 11) is 4.22. The number of hydrogen-bond acceptors (Lipinski definition) is 2. The minimum atomic E-state index is 0.0609. The Kier molecular flexibility index (Phi) is 2.70. The van der Waals surface area contributed by atoms with Gasteiger partial charge in [0.25, 0.3) is 0 Å². The molecule has 0 aliphatic heterocycles. The average Bonchev–Trinajstić information content (AvgIpc) is 2.68. The van der Waals surface area contributed by atoms with Gasteiger partial charge in [-0.1, -0.05) is 31.0 Å². The first-order valence-electron chi connectivity index (χ1n) is 5.63. The summed E-state index contributed by atoms with van der Waals surface area (Å²) in [6.07, 6.45) is 4.81. The minimum absolute atomic E-state index is 0.0609. The van der Waals surface area contributed by atoms with E-state index in [4.69, 9.17) is 0 Å². The lowest BCUT2D eigenvalue weighted by Crippen LogP contribution is -2.38. The molecule has 0 radical (unpaired) electrons. The molecule has 1 aromatic rings. The smallest absolute Gasteiger partial charge is 0.120 e. The van der Waals surface area contributed by atoms with E-state index in [-0.39, 0.29) is 5.54 Å². The lowest BCUT2D eigenvalue weighted by molar-refractivity contribution is 0.154. The molecule has 0 unspecified atom stereocenters. The number of hydrogen-bond donors (Lipinski definition) is 1. The van der Waals surface area contributed by atoms with E-state index in [0.29, 0.717) is 5.75 Å². The van der Waals surface area contributed by atoms with Crippen molar-refractivity contribution >= 4 is 0 Å². The lowest BCUT2D eigenvalue weighted by Gasteiger charge is -2.37. The summed E-state index contributed by atoms with van der Waals surface area (Å²) < 4.78 is 0. The fourth-order valence-electron chi connectivity index (χ4n) is 2.78. The molecule has 2 rings (SSSR count). The minimum Gasteiger partial charge on any atom is -0.508 e. The van der Waals surface area contributed by atoms with Crippen LogP contribution in [0.1, 0.15) is 31.2 Å². The van der Waals surface area contributed by atoms with E-state index in [1.807, 2.05) is 12.1 Å². The van der Waals surface area contributed by atoms with E-state index in [9.17, 15) is 5.11 Å². The van der Waals surface area contributed by atoms with Gasteiger partial charge in [-0.25, -0.2) is 0 Å². The molecule has 0 saturated heterocycles. The molecular weight excluding hydrogens is 186 g/mol. The Hall–Kier alpha value is -1.02. The van der Waals surface area contributed by atoms with Gasteiger partial charge < -0.3 is 5.11 Å². The largest absolute Gasteiger partial charge is 0.508 e. The van der Waals surface area contributed by atoms with Crippen molar-refractivity contribution in [1.29, 1.82) is 0 Å². The van der Waals surface area contributed by atoms with Crippen molar-refractivity contribution in [3.63, 3.8) is 0 Å². The van der Waals surface area contributed by atoms with E-state index in [2.05, 4.69) is 25.1 Å². The highest BCUT2D eigenvalue weighted by Gasteiger charge is 2.39. The van der Waals surface area contributed by atoms with Crippen molar-refractivity contribution in [3.8, 4) is 5.75 Å². The second-order valence-corrected chi connectivity index (χ2v) is 4.65. The number of rotatable bonds is 2. The Morgan fingerprint density at radius 1 is 1.13 bits per heavy atom. The first kappa shape index (κ1) is 10.5. The molecule has 0 atom stereocenters. The molecule has 0 spiro atoms. The number of para-hydroxylation sites is 1. The summed E-state index contributed by atoms with van der Waals surface area (Å²) in [5.74, 6) is 0.438. The molecule has 1 aliphatic carbocycles. The van der Waals surface area contributed by atoms with Gasteiger partial charge in [-0.2, -0.15) is 0 Å². The van der Waals surface area contributed by atoms with Gasteiger partial charge in [0.05, 0.1) is 0 Å². The summed E-state index contributed by atoms with van der Waals surface area (Å²) >= 11 is 0. The van der Waals surface area contributed by atoms with Crippen LogP contribution in [0.2, 0.25) is 0 Å². The maximum Gasteiger partial charge on any atom is 0.120 e. The van der Waals surface area contributed by atoms with Crippen molar-refractivity contribution < 1.29 is 5.11 Å². The van der Waals surface area contributed by atoms with E-state index in [1.54, 1.807) is 6.07 Å². The number of nitrogens with zero attached hydrogens (tertiary/aromatic N) is 1. The van der Waals surface area contributed by atoms with Crippen LogP contribution in [0.3, 0.4) is 0 Å². The maximum absolute atomic E-state index is 9.96. The normalized spacial score (nSPS) is 19.7. The molecule has 1 N–H and O–H groups in total. The highest BCUT2D eigenvalue weighted by Crippen LogP contribution is 2.45. The quantitative estimate of drug-likeness (QED) is 0.802. The topological polar surface area (TPSA) is 23.5 Å². The van der Waals surface area contributed by atoms with E-state index >= 15 is 0 Å². The average molecular weight is 205 g/mol. The van der Waals surface area contributed by atoms with Gasteiger partial charge in [0, 0.05) is 11.1 Å². The van der Waals surface area contributed by atoms with Crippen LogP contribution < -0.4 is 0 Å². The van der Waals surface area contributed by atoms with Gasteiger partial charge in [0.2, 0.25) is 0 Å². The molecule has 0 amide bonds. The maximum atomic E-state index is 9.96. The van der Waals surface area contributed by atoms with Crippen molar-refractivity contribution in [2.45, 2.75) is 31.2 Å². The van der Waals surface area contributed by atoms with Crippen molar-refractivity contribution in [2.24, 2.45) is 0 Å². The molecule has 2 heteroatoms. The second kappa shape index (κ2) is 3.86. The summed E-state index contributed by atoms with van der Waals surface area (Å²) in [5.41, 5.74) is 1.15. The molecule has 0 aromatic heterocycles. The third-order valence-corrected chi connectivity index (χ3v) is 3.69. The summed E-state index contributed by atoms with van der Waals surface area (Å²) in [6, 6.07) is 7.75. The number of phenolic OH excluding ortho intramolecular Hbond substituents is 1. The summed E-state index contributed by atoms with van der Waals surface area (Å²) in [5, 5.41) is 9.96. The Bertz CT molecular complexity index is 340. The molecule has 0 heterocycles. The monoisotopic (exact) mass is 205 g/mol. The highest BCUT2D eigenvalue weighted by molar-refractivity contribution is 5.38. The predicted molar refractivity (Wildman–Crippen MR) is 61.9 cm³/mol. The van der Waals surface area contributed by atoms with Crippen LogP contribution in [-0.4, -0.2) is 24.1 Å². The zero-order valence-corrected chi connectivity index (χ0v) is 9.53. The van der Waals surface area contributed by atoms with Gasteiger partial charge in [-0.05, 0) is 33.0 Å². The summed E-state index contributed by atoms with van der Waals surface area (Å²) in [6.45, 7) is 0. The Balaban J connectivity index is 2.46. The lowest BCUT2D eigenvalue weighted by atomic mass is 9.86. The number of phenols is 1. The van der Waals surface area contributed by atoms with Crippen LogP contribution in [0.25, 0.3) is 0 Å². The van der Waals surface area contributed by atoms with Gasteiger partial charge >= 0.3 is 0 Å². The first-order valence-corrected chi connectivity index (χ1v) is 5.63. The van der Waals surface area contributed by atoms with Crippen LogP contribution in [0.4, 0.5) is 0 Å². The third kappa shape index (κ3) is 1.63. The molecule has 1 fully saturated rings. The molecule has 1 aliphatic rings. The highest BCUT2D eigenvalue weighted by atomic mass is 16.3. The van der Waals surface area contributed by atoms with Crippen molar-refractivity contribution in [3.05, 3.63) is 29.8 Å². The van der Waals surface area contributed by atoms with Crippen LogP contribution in [0.15, 0.2) is 24.3 Å². The fraction of sp³-hybridized carbons (Fsp3) is 0.538. The molecule has 1 saturated carbocycles. The summed E-state index contributed by atoms with van der Waals surface area (Å²) in [4.78, 5) is 2.26. The van der Waals surface area contributed by atoms with Crippen LogP contribution in [0.5, 0.6) is 5.75 Å². The van der Waals surface area contributed by atoms with Crippen LogP contribution >= 0.6 is 0 Å². The SMILES string of the molecule is CN(C)C1(c2ccccc2O)CCCC1. The predicted octanol–water partition coefficient (Wildman–Crippen LogP) is 2.72. The van der Waals surface area contributed by atoms with Gasteiger partial charge in [0.1, 0.15) is 5.75 Å². The van der Waals surface area contributed by atoms with E-state index in [0.717, 1.165) is 18.4 Å². The van der Waals surface area contributed by atoms with Crippen molar-refractivity contribution in [1.82, 2.24) is 4.90 Å². The van der Waals surface area contributed by atoms with Gasteiger partial charge in [0.15, 0.2) is 0 Å². The number of aromatic hydroxyl groups is 1. The van der Waals surface area contributed by atoms with Gasteiger partial charge in [-0.3, -0.25) is 4.90 Å². The zero-order valence-electron chi connectivity index (χ0n) is 9.53. The molecular formula is C13H19NO. The molecule has 2 nitrogen and oxygen atoms in total. The fourth-order valence-corrected chi connectivity index (χ4v) is 2.78. The van der Waals surface area contributed by atoms with E-state index in [1.165, 1.54) is 12.8 Å².